The summed E-state index contributed by atoms with van der Waals surface area (Å²) in [6.07, 6.45) is 0. The minimum atomic E-state index is -0.304. The van der Waals surface area contributed by atoms with Crippen molar-refractivity contribution in [1.82, 2.24) is 10.6 Å². The van der Waals surface area contributed by atoms with Crippen molar-refractivity contribution >= 4 is 17.6 Å². The Morgan fingerprint density at radius 2 is 1.56 bits per heavy atom. The number of anilines is 1. The first-order valence-electron chi connectivity index (χ1n) is 10.7. The molecule has 0 atom stereocenters. The lowest BCUT2D eigenvalue weighted by molar-refractivity contribution is 0.0947. The molecular weight excluding hydrogens is 402 g/mol. The van der Waals surface area contributed by atoms with Gasteiger partial charge in [0.15, 0.2) is 0 Å². The van der Waals surface area contributed by atoms with Gasteiger partial charge in [-0.3, -0.25) is 4.79 Å². The molecule has 0 unspecified atom stereocenters. The fourth-order valence-corrected chi connectivity index (χ4v) is 3.17. The van der Waals surface area contributed by atoms with Crippen molar-refractivity contribution in [1.29, 1.82) is 0 Å². The van der Waals surface area contributed by atoms with Crippen molar-refractivity contribution in [2.75, 3.05) is 5.32 Å². The molecule has 0 saturated heterocycles. The molecule has 0 aliphatic carbocycles. The molecule has 166 valence electrons. The summed E-state index contributed by atoms with van der Waals surface area (Å²) in [6, 6.07) is 24.5. The van der Waals surface area contributed by atoms with Crippen molar-refractivity contribution in [2.45, 2.75) is 39.6 Å². The second kappa shape index (κ2) is 11.7. The van der Waals surface area contributed by atoms with Crippen LogP contribution in [0.4, 0.5) is 10.5 Å². The molecule has 0 radical (unpaired) electrons. The Kier molecular flexibility index (Phi) is 8.40. The van der Waals surface area contributed by atoms with E-state index in [0.29, 0.717) is 31.0 Å². The van der Waals surface area contributed by atoms with E-state index in [4.69, 9.17) is 4.74 Å². The van der Waals surface area contributed by atoms with Gasteiger partial charge in [0.05, 0.1) is 13.2 Å². The summed E-state index contributed by atoms with van der Waals surface area (Å²) < 4.78 is 5.86. The predicted molar refractivity (Wildman–Crippen MR) is 126 cm³/mol. The lowest BCUT2D eigenvalue weighted by Crippen LogP contribution is -2.34. The Bertz CT molecular complexity index is 1040. The summed E-state index contributed by atoms with van der Waals surface area (Å²) >= 11 is 0. The topological polar surface area (TPSA) is 79.5 Å². The highest BCUT2D eigenvalue weighted by Crippen LogP contribution is 2.14. The third kappa shape index (κ3) is 7.25. The van der Waals surface area contributed by atoms with Gasteiger partial charge in [-0.15, -0.1) is 0 Å². The first kappa shape index (κ1) is 23.0. The Balaban J connectivity index is 1.55. The van der Waals surface area contributed by atoms with Gasteiger partial charge < -0.3 is 20.7 Å². The number of nitrogens with one attached hydrogen (secondary N) is 3. The number of hydrogen-bond acceptors (Lipinski definition) is 3. The van der Waals surface area contributed by atoms with Gasteiger partial charge in [0.25, 0.3) is 5.91 Å². The Morgan fingerprint density at radius 1 is 0.844 bits per heavy atom. The molecule has 6 nitrogen and oxygen atoms in total. The van der Waals surface area contributed by atoms with Gasteiger partial charge in [0.1, 0.15) is 0 Å². The highest BCUT2D eigenvalue weighted by atomic mass is 16.5. The second-order valence-corrected chi connectivity index (χ2v) is 7.76. The quantitative estimate of drug-likeness (QED) is 0.453. The number of urea groups is 1. The first-order valence-corrected chi connectivity index (χ1v) is 10.7. The molecule has 3 amide bonds. The predicted octanol–water partition coefficient (Wildman–Crippen LogP) is 4.86. The minimum absolute atomic E-state index is 0.0261. The zero-order valence-electron chi connectivity index (χ0n) is 18.4. The average molecular weight is 432 g/mol. The first-order chi connectivity index (χ1) is 15.5. The zero-order valence-corrected chi connectivity index (χ0v) is 18.4. The van der Waals surface area contributed by atoms with Crippen molar-refractivity contribution in [3.05, 3.63) is 101 Å². The van der Waals surface area contributed by atoms with E-state index in [0.717, 1.165) is 16.7 Å². The summed E-state index contributed by atoms with van der Waals surface area (Å²) in [5.41, 5.74) is 4.19. The fourth-order valence-electron chi connectivity index (χ4n) is 3.17. The van der Waals surface area contributed by atoms with Crippen molar-refractivity contribution in [3.63, 3.8) is 0 Å². The van der Waals surface area contributed by atoms with Crippen LogP contribution < -0.4 is 16.0 Å². The van der Waals surface area contributed by atoms with Crippen LogP contribution in [-0.4, -0.2) is 18.0 Å². The van der Waals surface area contributed by atoms with Gasteiger partial charge in [0, 0.05) is 23.8 Å². The zero-order chi connectivity index (χ0) is 22.8. The third-order valence-corrected chi connectivity index (χ3v) is 4.73. The van der Waals surface area contributed by atoms with Crippen molar-refractivity contribution in [2.24, 2.45) is 0 Å². The standard InChI is InChI=1S/C26H29N3O3/c1-19(2)28-26(31)29-24-14-8-13-21(15-24)25(30)27-16-22-11-6-7-12-23(22)18-32-17-20-9-4-3-5-10-20/h3-15,19H,16-18H2,1-2H3,(H,27,30)(H2,28,29,31). The van der Waals surface area contributed by atoms with Gasteiger partial charge in [-0.25, -0.2) is 4.79 Å². The highest BCUT2D eigenvalue weighted by Gasteiger charge is 2.10. The van der Waals surface area contributed by atoms with E-state index in [1.165, 1.54) is 0 Å². The second-order valence-electron chi connectivity index (χ2n) is 7.76. The molecule has 6 heteroatoms. The molecule has 0 aliphatic heterocycles. The van der Waals surface area contributed by atoms with E-state index in [1.807, 2.05) is 68.4 Å². The number of carbonyl (C=O) groups is 2. The fraction of sp³-hybridized carbons (Fsp3) is 0.231. The maximum atomic E-state index is 12.7. The normalized spacial score (nSPS) is 10.6. The molecule has 32 heavy (non-hydrogen) atoms. The van der Waals surface area contributed by atoms with Crippen LogP contribution in [0.1, 0.15) is 40.9 Å². The molecule has 0 spiro atoms. The van der Waals surface area contributed by atoms with Crippen LogP contribution in [0.25, 0.3) is 0 Å². The number of amides is 3. The molecule has 3 aromatic carbocycles. The molecule has 0 aromatic heterocycles. The molecule has 0 bridgehead atoms. The van der Waals surface area contributed by atoms with Crippen molar-refractivity contribution in [3.8, 4) is 0 Å². The summed E-state index contributed by atoms with van der Waals surface area (Å²) in [7, 11) is 0. The molecule has 3 aromatic rings. The van der Waals surface area contributed by atoms with E-state index in [9.17, 15) is 9.59 Å². The molecule has 0 heterocycles. The largest absolute Gasteiger partial charge is 0.372 e. The van der Waals surface area contributed by atoms with E-state index < -0.39 is 0 Å². The van der Waals surface area contributed by atoms with Gasteiger partial charge in [-0.1, -0.05) is 60.7 Å². The number of benzene rings is 3. The third-order valence-electron chi connectivity index (χ3n) is 4.73. The number of carbonyl (C=O) groups excluding carboxylic acids is 2. The maximum Gasteiger partial charge on any atom is 0.319 e. The molecule has 3 N–H and O–H groups in total. The van der Waals surface area contributed by atoms with Crippen LogP contribution >= 0.6 is 0 Å². The number of hydrogen-bond donors (Lipinski definition) is 3. The summed E-state index contributed by atoms with van der Waals surface area (Å²) in [5.74, 6) is -0.210. The summed E-state index contributed by atoms with van der Waals surface area (Å²) in [6.45, 7) is 5.15. The van der Waals surface area contributed by atoms with Gasteiger partial charge >= 0.3 is 6.03 Å². The van der Waals surface area contributed by atoms with Crippen LogP contribution in [0.5, 0.6) is 0 Å². The van der Waals surface area contributed by atoms with Gasteiger partial charge in [-0.2, -0.15) is 0 Å². The monoisotopic (exact) mass is 431 g/mol. The van der Waals surface area contributed by atoms with E-state index >= 15 is 0 Å². The molecule has 0 fully saturated rings. The average Bonchev–Trinajstić information content (AvgIpc) is 2.78. The van der Waals surface area contributed by atoms with Crippen LogP contribution in [-0.2, 0) is 24.5 Å². The Hall–Kier alpha value is -3.64. The number of rotatable bonds is 9. The molecule has 0 aliphatic rings. The highest BCUT2D eigenvalue weighted by molar-refractivity contribution is 5.96. The summed E-state index contributed by atoms with van der Waals surface area (Å²) in [5, 5.41) is 8.45. The minimum Gasteiger partial charge on any atom is -0.372 e. The molecule has 3 rings (SSSR count). The van der Waals surface area contributed by atoms with Crippen LogP contribution in [0, 0.1) is 0 Å². The molecular formula is C26H29N3O3. The smallest absolute Gasteiger partial charge is 0.319 e. The van der Waals surface area contributed by atoms with Crippen LogP contribution in [0.2, 0.25) is 0 Å². The Labute approximate surface area is 189 Å². The lowest BCUT2D eigenvalue weighted by atomic mass is 10.1. The maximum absolute atomic E-state index is 12.7. The summed E-state index contributed by atoms with van der Waals surface area (Å²) in [4.78, 5) is 24.6. The van der Waals surface area contributed by atoms with Crippen molar-refractivity contribution < 1.29 is 14.3 Å². The van der Waals surface area contributed by atoms with Gasteiger partial charge in [0.2, 0.25) is 0 Å². The Morgan fingerprint density at radius 3 is 2.31 bits per heavy atom. The SMILES string of the molecule is CC(C)NC(=O)Nc1cccc(C(=O)NCc2ccccc2COCc2ccccc2)c1. The van der Waals surface area contributed by atoms with Gasteiger partial charge in [-0.05, 0) is 48.7 Å². The number of ether oxygens (including phenoxy) is 1. The van der Waals surface area contributed by atoms with Crippen LogP contribution in [0.15, 0.2) is 78.9 Å². The van der Waals surface area contributed by atoms with E-state index in [-0.39, 0.29) is 18.0 Å². The van der Waals surface area contributed by atoms with Crippen LogP contribution in [0.3, 0.4) is 0 Å². The lowest BCUT2D eigenvalue weighted by Gasteiger charge is -2.13. The van der Waals surface area contributed by atoms with E-state index in [1.54, 1.807) is 24.3 Å². The molecule has 0 saturated carbocycles. The van der Waals surface area contributed by atoms with E-state index in [2.05, 4.69) is 16.0 Å².